The van der Waals surface area contributed by atoms with Crippen LogP contribution in [0.4, 0.5) is 0 Å². The lowest BCUT2D eigenvalue weighted by Gasteiger charge is -2.41. The lowest BCUT2D eigenvalue weighted by atomic mass is 9.87. The van der Waals surface area contributed by atoms with Gasteiger partial charge in [0.05, 0.1) is 24.4 Å². The summed E-state index contributed by atoms with van der Waals surface area (Å²) < 4.78 is 23.2. The van der Waals surface area contributed by atoms with Crippen molar-refractivity contribution in [2.75, 3.05) is 13.2 Å². The average Bonchev–Trinajstić information content (AvgIpc) is 2.74. The molecule has 150 valence electrons. The molecular formula is C24H30O4. The molecule has 0 bridgehead atoms. The molecule has 0 N–H and O–H groups in total. The Morgan fingerprint density at radius 3 is 1.25 bits per heavy atom. The second-order valence-electron chi connectivity index (χ2n) is 8.08. The van der Waals surface area contributed by atoms with Gasteiger partial charge >= 0.3 is 0 Å². The van der Waals surface area contributed by atoms with Crippen molar-refractivity contribution in [2.24, 2.45) is 11.8 Å². The Morgan fingerprint density at radius 2 is 0.964 bits per heavy atom. The maximum absolute atomic E-state index is 5.80. The van der Waals surface area contributed by atoms with Crippen molar-refractivity contribution >= 4 is 0 Å². The van der Waals surface area contributed by atoms with Crippen LogP contribution in [-0.2, 0) is 9.47 Å². The van der Waals surface area contributed by atoms with Gasteiger partial charge in [0.15, 0.2) is 0 Å². The van der Waals surface area contributed by atoms with Crippen molar-refractivity contribution in [3.8, 4) is 11.5 Å². The van der Waals surface area contributed by atoms with Gasteiger partial charge in [-0.15, -0.1) is 0 Å². The largest absolute Gasteiger partial charge is 0.490 e. The van der Waals surface area contributed by atoms with Gasteiger partial charge < -0.3 is 18.9 Å². The third-order valence-electron chi connectivity index (χ3n) is 6.20. The minimum atomic E-state index is 0.215. The van der Waals surface area contributed by atoms with Crippen LogP contribution in [0.1, 0.15) is 51.0 Å². The molecule has 0 spiro atoms. The van der Waals surface area contributed by atoms with E-state index >= 15 is 0 Å². The SMILES string of the molecule is CC1OC(c2ccc(OCCOc3ccc(C4OC(C)C4C)cc3)cc2)C1C. The second kappa shape index (κ2) is 8.14. The van der Waals surface area contributed by atoms with E-state index in [9.17, 15) is 0 Å². The van der Waals surface area contributed by atoms with Crippen LogP contribution in [0.25, 0.3) is 0 Å². The third-order valence-corrected chi connectivity index (χ3v) is 6.20. The van der Waals surface area contributed by atoms with Gasteiger partial charge in [-0.2, -0.15) is 0 Å². The number of ether oxygens (including phenoxy) is 4. The molecule has 2 aromatic carbocycles. The monoisotopic (exact) mass is 382 g/mol. The predicted octanol–water partition coefficient (Wildman–Crippen LogP) is 5.34. The lowest BCUT2D eigenvalue weighted by molar-refractivity contribution is -0.171. The van der Waals surface area contributed by atoms with Crippen molar-refractivity contribution in [1.29, 1.82) is 0 Å². The molecule has 2 aliphatic rings. The van der Waals surface area contributed by atoms with Crippen LogP contribution >= 0.6 is 0 Å². The molecule has 4 heteroatoms. The van der Waals surface area contributed by atoms with Gasteiger partial charge in [-0.25, -0.2) is 0 Å². The fourth-order valence-electron chi connectivity index (χ4n) is 3.86. The van der Waals surface area contributed by atoms with E-state index in [1.165, 1.54) is 11.1 Å². The van der Waals surface area contributed by atoms with E-state index in [0.29, 0.717) is 37.3 Å². The molecule has 2 heterocycles. The van der Waals surface area contributed by atoms with Gasteiger partial charge in [-0.1, -0.05) is 38.1 Å². The van der Waals surface area contributed by atoms with Crippen molar-refractivity contribution in [1.82, 2.24) is 0 Å². The van der Waals surface area contributed by atoms with E-state index < -0.39 is 0 Å². The molecule has 0 saturated carbocycles. The summed E-state index contributed by atoms with van der Waals surface area (Å²) >= 11 is 0. The maximum Gasteiger partial charge on any atom is 0.122 e. The van der Waals surface area contributed by atoms with E-state index in [1.807, 2.05) is 24.3 Å². The summed E-state index contributed by atoms with van der Waals surface area (Å²) in [5.41, 5.74) is 2.43. The van der Waals surface area contributed by atoms with Crippen LogP contribution in [-0.4, -0.2) is 25.4 Å². The quantitative estimate of drug-likeness (QED) is 0.606. The third kappa shape index (κ3) is 3.89. The first kappa shape index (κ1) is 19.3. The number of hydrogen-bond acceptors (Lipinski definition) is 4. The smallest absolute Gasteiger partial charge is 0.122 e. The second-order valence-corrected chi connectivity index (χ2v) is 8.08. The summed E-state index contributed by atoms with van der Waals surface area (Å²) in [6, 6.07) is 16.4. The Balaban J connectivity index is 1.19. The van der Waals surface area contributed by atoms with Crippen LogP contribution in [0.3, 0.4) is 0 Å². The van der Waals surface area contributed by atoms with Gasteiger partial charge in [-0.05, 0) is 49.2 Å². The summed E-state index contributed by atoms with van der Waals surface area (Å²) in [4.78, 5) is 0. The van der Waals surface area contributed by atoms with Gasteiger partial charge in [0, 0.05) is 11.8 Å². The van der Waals surface area contributed by atoms with Gasteiger partial charge in [0.1, 0.15) is 24.7 Å². The van der Waals surface area contributed by atoms with Crippen molar-refractivity contribution in [3.05, 3.63) is 59.7 Å². The first-order chi connectivity index (χ1) is 13.5. The Hall–Kier alpha value is -2.04. The molecule has 0 amide bonds. The standard InChI is InChI=1S/C24H30O4/c1-15-17(3)27-23(15)19-5-9-21(10-6-19)25-13-14-26-22-11-7-20(8-12-22)24-16(2)18(4)28-24/h5-12,15-18,23-24H,13-14H2,1-4H3. The van der Waals surface area contributed by atoms with Gasteiger partial charge in [0.2, 0.25) is 0 Å². The minimum Gasteiger partial charge on any atom is -0.490 e. The van der Waals surface area contributed by atoms with Crippen molar-refractivity contribution in [3.63, 3.8) is 0 Å². The number of benzene rings is 2. The Kier molecular flexibility index (Phi) is 5.61. The van der Waals surface area contributed by atoms with E-state index in [0.717, 1.165) is 11.5 Å². The van der Waals surface area contributed by atoms with E-state index in [4.69, 9.17) is 18.9 Å². The summed E-state index contributed by atoms with van der Waals surface area (Å²) in [5, 5.41) is 0. The average molecular weight is 383 g/mol. The van der Waals surface area contributed by atoms with Crippen LogP contribution in [0.2, 0.25) is 0 Å². The lowest BCUT2D eigenvalue weighted by Crippen LogP contribution is -2.38. The zero-order valence-corrected chi connectivity index (χ0v) is 17.1. The summed E-state index contributed by atoms with van der Waals surface area (Å²) in [6.45, 7) is 9.72. The fraction of sp³-hybridized carbons (Fsp3) is 0.500. The maximum atomic E-state index is 5.80. The highest BCUT2D eigenvalue weighted by molar-refractivity contribution is 5.31. The molecule has 2 saturated heterocycles. The molecule has 6 atom stereocenters. The molecule has 0 aliphatic carbocycles. The number of hydrogen-bond donors (Lipinski definition) is 0. The summed E-state index contributed by atoms with van der Waals surface area (Å²) in [7, 11) is 0. The van der Waals surface area contributed by atoms with Gasteiger partial charge in [-0.3, -0.25) is 0 Å². The van der Waals surface area contributed by atoms with Crippen LogP contribution in [0.15, 0.2) is 48.5 Å². The minimum absolute atomic E-state index is 0.215. The van der Waals surface area contributed by atoms with E-state index in [1.54, 1.807) is 0 Å². The summed E-state index contributed by atoms with van der Waals surface area (Å²) in [6.07, 6.45) is 1.12. The Labute approximate surface area is 167 Å². The van der Waals surface area contributed by atoms with Crippen molar-refractivity contribution in [2.45, 2.75) is 52.1 Å². The molecule has 0 radical (unpaired) electrons. The zero-order chi connectivity index (χ0) is 19.7. The van der Waals surface area contributed by atoms with E-state index in [2.05, 4.69) is 52.0 Å². The highest BCUT2D eigenvalue weighted by atomic mass is 16.5. The molecule has 2 aliphatic heterocycles. The molecular weight excluding hydrogens is 352 g/mol. The highest BCUT2D eigenvalue weighted by Gasteiger charge is 2.37. The molecule has 2 aromatic rings. The van der Waals surface area contributed by atoms with E-state index in [-0.39, 0.29) is 12.2 Å². The molecule has 4 nitrogen and oxygen atoms in total. The normalized spacial score (nSPS) is 31.6. The fourth-order valence-corrected chi connectivity index (χ4v) is 3.86. The Bertz CT molecular complexity index is 703. The molecule has 2 fully saturated rings. The molecule has 28 heavy (non-hydrogen) atoms. The number of rotatable bonds is 7. The van der Waals surface area contributed by atoms with Gasteiger partial charge in [0.25, 0.3) is 0 Å². The van der Waals surface area contributed by atoms with Crippen LogP contribution in [0, 0.1) is 11.8 Å². The topological polar surface area (TPSA) is 36.9 Å². The van der Waals surface area contributed by atoms with Crippen LogP contribution < -0.4 is 9.47 Å². The first-order valence-corrected chi connectivity index (χ1v) is 10.3. The highest BCUT2D eigenvalue weighted by Crippen LogP contribution is 2.41. The van der Waals surface area contributed by atoms with Crippen LogP contribution in [0.5, 0.6) is 11.5 Å². The summed E-state index contributed by atoms with van der Waals surface area (Å²) in [5.74, 6) is 2.84. The molecule has 0 aromatic heterocycles. The first-order valence-electron chi connectivity index (χ1n) is 10.3. The molecule has 4 rings (SSSR count). The van der Waals surface area contributed by atoms with Crippen molar-refractivity contribution < 1.29 is 18.9 Å². The molecule has 6 unspecified atom stereocenters. The predicted molar refractivity (Wildman–Crippen MR) is 109 cm³/mol. The zero-order valence-electron chi connectivity index (χ0n) is 17.1. The Morgan fingerprint density at radius 1 is 0.607 bits per heavy atom.